The van der Waals surface area contributed by atoms with Gasteiger partial charge in [0.05, 0.1) is 21.7 Å². The monoisotopic (exact) mass is 648 g/mol. The van der Waals surface area contributed by atoms with E-state index in [1.165, 1.54) is 16.3 Å². The third-order valence-corrected chi connectivity index (χ3v) is 10.2. The van der Waals surface area contributed by atoms with Gasteiger partial charge in [-0.3, -0.25) is 9.71 Å². The molecule has 6 aromatic rings. The van der Waals surface area contributed by atoms with Crippen molar-refractivity contribution in [3.63, 3.8) is 0 Å². The number of thiazole rings is 1. The number of anilines is 1. The lowest BCUT2D eigenvalue weighted by atomic mass is 10.0. The smallest absolute Gasteiger partial charge is 0.261 e. The number of nitrogens with zero attached hydrogens (tertiary/aromatic N) is 2. The van der Waals surface area contributed by atoms with Gasteiger partial charge in [-0.25, -0.2) is 13.4 Å². The highest BCUT2D eigenvalue weighted by Crippen LogP contribution is 2.22. The molecule has 7 nitrogen and oxygen atoms in total. The number of aromatic nitrogens is 2. The maximum absolute atomic E-state index is 13.0. The summed E-state index contributed by atoms with van der Waals surface area (Å²) in [6.45, 7) is 1.12. The van der Waals surface area contributed by atoms with Gasteiger partial charge >= 0.3 is 0 Å². The highest BCUT2D eigenvalue weighted by atomic mass is 32.2. The molecule has 0 amide bonds. The summed E-state index contributed by atoms with van der Waals surface area (Å²) in [6.07, 6.45) is 5.87. The molecule has 0 radical (unpaired) electrons. The maximum Gasteiger partial charge on any atom is 0.261 e. The number of fused-ring (bicyclic) bond motifs is 1. The summed E-state index contributed by atoms with van der Waals surface area (Å²) in [5.41, 5.74) is 5.74. The molecule has 4 aromatic carbocycles. The van der Waals surface area contributed by atoms with Crippen LogP contribution in [-0.4, -0.2) is 36.6 Å². The average Bonchev–Trinajstić information content (AvgIpc) is 3.54. The Morgan fingerprint density at radius 1 is 0.783 bits per heavy atom. The molecule has 1 atom stereocenters. The fraction of sp³-hybridized carbons (Fsp3) is 0.189. The van der Waals surface area contributed by atoms with Gasteiger partial charge in [0, 0.05) is 48.4 Å². The van der Waals surface area contributed by atoms with E-state index in [1.807, 2.05) is 30.3 Å². The Kier molecular flexibility index (Phi) is 10.1. The fourth-order valence-electron chi connectivity index (χ4n) is 5.31. The van der Waals surface area contributed by atoms with Crippen LogP contribution in [0.5, 0.6) is 0 Å². The molecule has 3 N–H and O–H groups in total. The highest BCUT2D eigenvalue weighted by molar-refractivity contribution is 7.92. The zero-order valence-electron chi connectivity index (χ0n) is 25.3. The predicted molar refractivity (Wildman–Crippen MR) is 186 cm³/mol. The first-order valence-corrected chi connectivity index (χ1v) is 17.7. The minimum atomic E-state index is -3.71. The molecule has 0 bridgehead atoms. The van der Waals surface area contributed by atoms with Gasteiger partial charge in [-0.15, -0.1) is 11.3 Å². The van der Waals surface area contributed by atoms with E-state index in [2.05, 4.69) is 62.9 Å². The average molecular weight is 649 g/mol. The fourth-order valence-corrected chi connectivity index (χ4v) is 7.16. The molecule has 2 heterocycles. The number of aryl methyl sites for hydroxylation is 2. The SMILES string of the molecule is O=S(=O)(Nc1ccc(CCNC[C@H](O)c2cccnc2)cc1)c1ccc(CCc2nc(Cc3ccc4ccccc4c3)cs2)cc1. The lowest BCUT2D eigenvalue weighted by Crippen LogP contribution is -2.23. The van der Waals surface area contributed by atoms with E-state index in [0.717, 1.165) is 53.1 Å². The van der Waals surface area contributed by atoms with Crippen LogP contribution in [0.4, 0.5) is 5.69 Å². The van der Waals surface area contributed by atoms with Gasteiger partial charge in [0.2, 0.25) is 0 Å². The summed E-state index contributed by atoms with van der Waals surface area (Å²) in [5.74, 6) is 0. The molecule has 6 rings (SSSR count). The molecular weight excluding hydrogens is 613 g/mol. The quantitative estimate of drug-likeness (QED) is 0.113. The van der Waals surface area contributed by atoms with Crippen molar-refractivity contribution in [1.82, 2.24) is 15.3 Å². The number of aliphatic hydroxyl groups excluding tert-OH is 1. The van der Waals surface area contributed by atoms with Crippen LogP contribution in [0.1, 0.15) is 39.1 Å². The Balaban J connectivity index is 0.957. The number of benzene rings is 4. The normalized spacial score (nSPS) is 12.3. The molecule has 0 aliphatic rings. The van der Waals surface area contributed by atoms with Gasteiger partial charge in [-0.2, -0.15) is 0 Å². The Labute approximate surface area is 274 Å². The largest absolute Gasteiger partial charge is 0.387 e. The highest BCUT2D eigenvalue weighted by Gasteiger charge is 2.14. The summed E-state index contributed by atoms with van der Waals surface area (Å²) in [7, 11) is -3.71. The number of pyridine rings is 1. The molecular formula is C37H36N4O3S2. The number of aliphatic hydroxyl groups is 1. The summed E-state index contributed by atoms with van der Waals surface area (Å²) in [4.78, 5) is 9.11. The molecule has 0 aliphatic heterocycles. The topological polar surface area (TPSA) is 104 Å². The van der Waals surface area contributed by atoms with E-state index in [9.17, 15) is 13.5 Å². The summed E-state index contributed by atoms with van der Waals surface area (Å²) >= 11 is 1.67. The Hall–Kier alpha value is -4.41. The van der Waals surface area contributed by atoms with E-state index >= 15 is 0 Å². The van der Waals surface area contributed by atoms with Crippen molar-refractivity contribution in [3.05, 3.63) is 154 Å². The van der Waals surface area contributed by atoms with Crippen molar-refractivity contribution in [3.8, 4) is 0 Å². The predicted octanol–water partition coefficient (Wildman–Crippen LogP) is 6.73. The molecule has 0 spiro atoms. The van der Waals surface area contributed by atoms with E-state index in [4.69, 9.17) is 4.98 Å². The minimum absolute atomic E-state index is 0.226. The van der Waals surface area contributed by atoms with Crippen molar-refractivity contribution in [2.75, 3.05) is 17.8 Å². The first-order chi connectivity index (χ1) is 22.4. The first kappa shape index (κ1) is 31.6. The molecule has 0 fully saturated rings. The molecule has 0 saturated carbocycles. The van der Waals surface area contributed by atoms with Crippen molar-refractivity contribution >= 4 is 37.8 Å². The van der Waals surface area contributed by atoms with Crippen molar-refractivity contribution in [1.29, 1.82) is 0 Å². The third-order valence-electron chi connectivity index (χ3n) is 7.86. The van der Waals surface area contributed by atoms with Crippen LogP contribution >= 0.6 is 11.3 Å². The van der Waals surface area contributed by atoms with Crippen LogP contribution in [0, 0.1) is 0 Å². The molecule has 46 heavy (non-hydrogen) atoms. The summed E-state index contributed by atoms with van der Waals surface area (Å²) in [6, 6.07) is 33.0. The number of hydrogen-bond acceptors (Lipinski definition) is 7. The second-order valence-corrected chi connectivity index (χ2v) is 13.9. The molecule has 0 saturated heterocycles. The third kappa shape index (κ3) is 8.44. The van der Waals surface area contributed by atoms with Crippen LogP contribution in [-0.2, 0) is 35.7 Å². The molecule has 0 unspecified atom stereocenters. The van der Waals surface area contributed by atoms with E-state index in [-0.39, 0.29) is 4.90 Å². The van der Waals surface area contributed by atoms with Crippen LogP contribution in [0.15, 0.2) is 126 Å². The number of sulfonamides is 1. The molecule has 2 aromatic heterocycles. The lowest BCUT2D eigenvalue weighted by molar-refractivity contribution is 0.174. The van der Waals surface area contributed by atoms with Crippen molar-refractivity contribution < 1.29 is 13.5 Å². The van der Waals surface area contributed by atoms with Crippen LogP contribution in [0.3, 0.4) is 0 Å². The van der Waals surface area contributed by atoms with Gasteiger partial charge in [0.1, 0.15) is 0 Å². The number of nitrogens with one attached hydrogen (secondary N) is 2. The zero-order chi connectivity index (χ0) is 31.8. The van der Waals surface area contributed by atoms with Gasteiger partial charge in [0.15, 0.2) is 0 Å². The van der Waals surface area contributed by atoms with Gasteiger partial charge in [-0.1, -0.05) is 72.8 Å². The van der Waals surface area contributed by atoms with Crippen LogP contribution in [0.2, 0.25) is 0 Å². The summed E-state index contributed by atoms with van der Waals surface area (Å²) < 4.78 is 28.8. The van der Waals surface area contributed by atoms with Gasteiger partial charge in [-0.05, 0) is 77.2 Å². The van der Waals surface area contributed by atoms with E-state index < -0.39 is 16.1 Å². The number of hydrogen-bond donors (Lipinski definition) is 3. The van der Waals surface area contributed by atoms with Crippen LogP contribution in [0.25, 0.3) is 10.8 Å². The second kappa shape index (κ2) is 14.8. The first-order valence-electron chi connectivity index (χ1n) is 15.3. The van der Waals surface area contributed by atoms with Crippen molar-refractivity contribution in [2.24, 2.45) is 0 Å². The van der Waals surface area contributed by atoms with Crippen molar-refractivity contribution in [2.45, 2.75) is 36.7 Å². The summed E-state index contributed by atoms with van der Waals surface area (Å²) in [5, 5.41) is 19.2. The molecule has 9 heteroatoms. The van der Waals surface area contributed by atoms with Gasteiger partial charge in [0.25, 0.3) is 10.0 Å². The van der Waals surface area contributed by atoms with Crippen LogP contribution < -0.4 is 10.0 Å². The minimum Gasteiger partial charge on any atom is -0.387 e. The van der Waals surface area contributed by atoms with Gasteiger partial charge < -0.3 is 10.4 Å². The Morgan fingerprint density at radius 3 is 2.30 bits per heavy atom. The Bertz CT molecular complexity index is 1980. The maximum atomic E-state index is 13.0. The lowest BCUT2D eigenvalue weighted by Gasteiger charge is -2.12. The zero-order valence-corrected chi connectivity index (χ0v) is 27.0. The second-order valence-electron chi connectivity index (χ2n) is 11.3. The number of rotatable bonds is 14. The van der Waals surface area contributed by atoms with E-state index in [1.54, 1.807) is 54.1 Å². The van der Waals surface area contributed by atoms with E-state index in [0.29, 0.717) is 18.8 Å². The molecule has 0 aliphatic carbocycles. The standard InChI is InChI=1S/C37H36N4O3S2/c42-36(32-6-3-20-38-24-32)25-39-21-19-28-8-14-33(15-9-28)41-46(43,44)35-16-10-27(11-17-35)12-18-37-40-34(26-45-37)23-29-7-13-30-4-1-2-5-31(30)22-29/h1-11,13-17,20,22,24,26,36,39,41-42H,12,18-19,21,23,25H2/t36-/m0/s1. The molecule has 234 valence electrons. The Morgan fingerprint density at radius 2 is 1.52 bits per heavy atom.